The van der Waals surface area contributed by atoms with E-state index in [0.717, 1.165) is 25.2 Å². The van der Waals surface area contributed by atoms with Gasteiger partial charge in [0.15, 0.2) is 5.82 Å². The van der Waals surface area contributed by atoms with Crippen molar-refractivity contribution >= 4 is 22.8 Å². The normalized spacial score (nSPS) is 20.3. The van der Waals surface area contributed by atoms with E-state index in [1.807, 2.05) is 12.1 Å². The van der Waals surface area contributed by atoms with Gasteiger partial charge in [-0.05, 0) is 19.1 Å². The van der Waals surface area contributed by atoms with Gasteiger partial charge in [0, 0.05) is 31.9 Å². The molecule has 94 valence electrons. The maximum Gasteiger partial charge on any atom is 0.228 e. The van der Waals surface area contributed by atoms with Crippen molar-refractivity contribution in [3.05, 3.63) is 18.3 Å². The first-order chi connectivity index (χ1) is 8.74. The second-order valence-electron chi connectivity index (χ2n) is 4.58. The molecule has 2 aromatic rings. The van der Waals surface area contributed by atoms with E-state index in [9.17, 15) is 0 Å². The fourth-order valence-electron chi connectivity index (χ4n) is 2.23. The van der Waals surface area contributed by atoms with E-state index in [0.29, 0.717) is 23.3 Å². The average Bonchev–Trinajstić information content (AvgIpc) is 2.39. The lowest BCUT2D eigenvalue weighted by atomic mass is 10.2. The van der Waals surface area contributed by atoms with Crippen LogP contribution in [0.25, 0.3) is 11.0 Å². The zero-order valence-corrected chi connectivity index (χ0v) is 10.3. The van der Waals surface area contributed by atoms with Crippen molar-refractivity contribution in [3.63, 3.8) is 0 Å². The molecular weight excluding hydrogens is 228 g/mol. The lowest BCUT2D eigenvalue weighted by Crippen LogP contribution is -2.49. The van der Waals surface area contributed by atoms with Crippen molar-refractivity contribution in [3.8, 4) is 0 Å². The SMILES string of the molecule is CC1CN(c2nc(N)c3ncccc3n2)CCN1. The van der Waals surface area contributed by atoms with Crippen LogP contribution in [0.2, 0.25) is 0 Å². The van der Waals surface area contributed by atoms with Crippen LogP contribution in [0, 0.1) is 0 Å². The molecule has 1 aliphatic heterocycles. The number of fused-ring (bicyclic) bond motifs is 1. The topological polar surface area (TPSA) is 80.0 Å². The van der Waals surface area contributed by atoms with Gasteiger partial charge in [0.05, 0.1) is 5.52 Å². The monoisotopic (exact) mass is 244 g/mol. The van der Waals surface area contributed by atoms with Crippen LogP contribution in [0.4, 0.5) is 11.8 Å². The number of nitrogens with one attached hydrogen (secondary N) is 1. The number of nitrogen functional groups attached to an aromatic ring is 1. The van der Waals surface area contributed by atoms with Gasteiger partial charge in [-0.25, -0.2) is 4.98 Å². The van der Waals surface area contributed by atoms with Gasteiger partial charge in [-0.3, -0.25) is 4.98 Å². The van der Waals surface area contributed by atoms with Crippen LogP contribution < -0.4 is 16.0 Å². The minimum absolute atomic E-state index is 0.438. The summed E-state index contributed by atoms with van der Waals surface area (Å²) in [6.07, 6.45) is 1.70. The average molecular weight is 244 g/mol. The molecular formula is C12H16N6. The molecule has 18 heavy (non-hydrogen) atoms. The lowest BCUT2D eigenvalue weighted by Gasteiger charge is -2.31. The van der Waals surface area contributed by atoms with Crippen LogP contribution in [0.1, 0.15) is 6.92 Å². The highest BCUT2D eigenvalue weighted by Gasteiger charge is 2.19. The largest absolute Gasteiger partial charge is 0.382 e. The Morgan fingerprint density at radius 2 is 2.33 bits per heavy atom. The predicted molar refractivity (Wildman–Crippen MR) is 71.4 cm³/mol. The third kappa shape index (κ3) is 1.95. The molecule has 0 spiro atoms. The van der Waals surface area contributed by atoms with Crippen LogP contribution in [-0.4, -0.2) is 40.6 Å². The molecule has 3 heterocycles. The van der Waals surface area contributed by atoms with Crippen molar-refractivity contribution in [1.29, 1.82) is 0 Å². The summed E-state index contributed by atoms with van der Waals surface area (Å²) < 4.78 is 0. The second kappa shape index (κ2) is 4.38. The summed E-state index contributed by atoms with van der Waals surface area (Å²) in [7, 11) is 0. The highest BCUT2D eigenvalue weighted by molar-refractivity contribution is 5.84. The van der Waals surface area contributed by atoms with Gasteiger partial charge < -0.3 is 16.0 Å². The maximum absolute atomic E-state index is 5.94. The fraction of sp³-hybridized carbons (Fsp3) is 0.417. The maximum atomic E-state index is 5.94. The Bertz CT molecular complexity index is 569. The molecule has 1 atom stereocenters. The molecule has 0 amide bonds. The molecule has 0 aliphatic carbocycles. The molecule has 0 bridgehead atoms. The Balaban J connectivity index is 2.02. The third-order valence-electron chi connectivity index (χ3n) is 3.12. The standard InChI is InChI=1S/C12H16N6/c1-8-7-18(6-5-14-8)12-16-9-3-2-4-15-10(9)11(13)17-12/h2-4,8,14H,5-7H2,1H3,(H2,13,16,17). The van der Waals surface area contributed by atoms with Crippen molar-refractivity contribution in [2.45, 2.75) is 13.0 Å². The molecule has 0 saturated carbocycles. The molecule has 6 heteroatoms. The number of hydrogen-bond donors (Lipinski definition) is 2. The molecule has 3 N–H and O–H groups in total. The number of nitrogens with zero attached hydrogens (tertiary/aromatic N) is 4. The van der Waals surface area contributed by atoms with E-state index in [-0.39, 0.29) is 0 Å². The summed E-state index contributed by atoms with van der Waals surface area (Å²) in [5.74, 6) is 1.14. The number of piperazine rings is 1. The molecule has 1 unspecified atom stereocenters. The Morgan fingerprint density at radius 3 is 3.17 bits per heavy atom. The number of hydrogen-bond acceptors (Lipinski definition) is 6. The smallest absolute Gasteiger partial charge is 0.228 e. The van der Waals surface area contributed by atoms with Crippen molar-refractivity contribution in [2.24, 2.45) is 0 Å². The summed E-state index contributed by atoms with van der Waals surface area (Å²) >= 11 is 0. The molecule has 3 rings (SSSR count). The number of aromatic nitrogens is 3. The van der Waals surface area contributed by atoms with Crippen LogP contribution in [0.5, 0.6) is 0 Å². The van der Waals surface area contributed by atoms with E-state index in [1.54, 1.807) is 6.20 Å². The summed E-state index contributed by atoms with van der Waals surface area (Å²) in [6, 6.07) is 4.21. The van der Waals surface area contributed by atoms with E-state index in [1.165, 1.54) is 0 Å². The van der Waals surface area contributed by atoms with Crippen molar-refractivity contribution < 1.29 is 0 Å². The fourth-order valence-corrected chi connectivity index (χ4v) is 2.23. The second-order valence-corrected chi connectivity index (χ2v) is 4.58. The van der Waals surface area contributed by atoms with Crippen LogP contribution >= 0.6 is 0 Å². The van der Waals surface area contributed by atoms with Gasteiger partial charge in [0.25, 0.3) is 0 Å². The summed E-state index contributed by atoms with van der Waals surface area (Å²) in [4.78, 5) is 15.3. The van der Waals surface area contributed by atoms with Gasteiger partial charge in [-0.1, -0.05) is 0 Å². The molecule has 6 nitrogen and oxygen atoms in total. The Morgan fingerprint density at radius 1 is 1.44 bits per heavy atom. The van der Waals surface area contributed by atoms with Crippen molar-refractivity contribution in [1.82, 2.24) is 20.3 Å². The van der Waals surface area contributed by atoms with E-state index in [4.69, 9.17) is 5.73 Å². The first-order valence-electron chi connectivity index (χ1n) is 6.10. The quantitative estimate of drug-likeness (QED) is 0.756. The van der Waals surface area contributed by atoms with Gasteiger partial charge in [0.2, 0.25) is 5.95 Å². The van der Waals surface area contributed by atoms with Gasteiger partial charge in [-0.15, -0.1) is 0 Å². The van der Waals surface area contributed by atoms with Crippen molar-refractivity contribution in [2.75, 3.05) is 30.3 Å². The zero-order chi connectivity index (χ0) is 12.5. The number of anilines is 2. The molecule has 1 fully saturated rings. The minimum atomic E-state index is 0.438. The minimum Gasteiger partial charge on any atom is -0.382 e. The molecule has 1 aliphatic rings. The summed E-state index contributed by atoms with van der Waals surface area (Å²) in [5.41, 5.74) is 7.41. The number of nitrogens with two attached hydrogens (primary N) is 1. The third-order valence-corrected chi connectivity index (χ3v) is 3.12. The number of pyridine rings is 1. The summed E-state index contributed by atoms with van der Waals surface area (Å²) in [5, 5.41) is 3.39. The molecule has 2 aromatic heterocycles. The van der Waals surface area contributed by atoms with E-state index >= 15 is 0 Å². The predicted octanol–water partition coefficient (Wildman–Crippen LogP) is 0.405. The zero-order valence-electron chi connectivity index (χ0n) is 10.3. The Labute approximate surface area is 105 Å². The van der Waals surface area contributed by atoms with Crippen LogP contribution in [0.15, 0.2) is 18.3 Å². The molecule has 0 radical (unpaired) electrons. The Kier molecular flexibility index (Phi) is 2.71. The molecule has 0 aromatic carbocycles. The first kappa shape index (κ1) is 11.2. The van der Waals surface area contributed by atoms with Gasteiger partial charge in [0.1, 0.15) is 5.52 Å². The highest BCUT2D eigenvalue weighted by Crippen LogP contribution is 2.19. The van der Waals surface area contributed by atoms with Gasteiger partial charge >= 0.3 is 0 Å². The Hall–Kier alpha value is -1.95. The lowest BCUT2D eigenvalue weighted by molar-refractivity contribution is 0.480. The number of rotatable bonds is 1. The molecule has 1 saturated heterocycles. The van der Waals surface area contributed by atoms with Gasteiger partial charge in [-0.2, -0.15) is 4.98 Å². The van der Waals surface area contributed by atoms with E-state index in [2.05, 4.69) is 32.1 Å². The first-order valence-corrected chi connectivity index (χ1v) is 6.10. The van der Waals surface area contributed by atoms with Crippen LogP contribution in [0.3, 0.4) is 0 Å². The summed E-state index contributed by atoms with van der Waals surface area (Å²) in [6.45, 7) is 4.88. The van der Waals surface area contributed by atoms with E-state index < -0.39 is 0 Å². The van der Waals surface area contributed by atoms with Crippen LogP contribution in [-0.2, 0) is 0 Å². The highest BCUT2D eigenvalue weighted by atomic mass is 15.3.